The summed E-state index contributed by atoms with van der Waals surface area (Å²) in [5, 5.41) is 33.0. The topological polar surface area (TPSA) is 139 Å². The fourth-order valence-electron chi connectivity index (χ4n) is 5.29. The number of benzene rings is 4. The van der Waals surface area contributed by atoms with E-state index in [1.807, 2.05) is 24.3 Å². The molecule has 5 rings (SSSR count). The Labute approximate surface area is 250 Å². The summed E-state index contributed by atoms with van der Waals surface area (Å²) in [4.78, 5) is 27.3. The summed E-state index contributed by atoms with van der Waals surface area (Å²) >= 11 is 0. The molecule has 1 aliphatic rings. The van der Waals surface area contributed by atoms with Gasteiger partial charge >= 0.3 is 0 Å². The number of hydrogen-bond donors (Lipinski definition) is 4. The quantitative estimate of drug-likeness (QED) is 0.0703. The van der Waals surface area contributed by atoms with E-state index in [1.54, 1.807) is 24.3 Å². The first-order valence-electron chi connectivity index (χ1n) is 14.6. The summed E-state index contributed by atoms with van der Waals surface area (Å²) in [6, 6.07) is 16.9. The number of unbranched alkanes of at least 4 members (excludes halogenated alkanes) is 3. The number of phenols is 3. The van der Waals surface area contributed by atoms with Gasteiger partial charge in [-0.15, -0.1) is 0 Å². The van der Waals surface area contributed by atoms with Crippen LogP contribution in [0.2, 0.25) is 0 Å². The zero-order valence-corrected chi connectivity index (χ0v) is 24.3. The average molecular weight is 582 g/mol. The van der Waals surface area contributed by atoms with Crippen LogP contribution >= 0.6 is 0 Å². The maximum atomic E-state index is 13.7. The summed E-state index contributed by atoms with van der Waals surface area (Å²) in [6.45, 7) is 4.26. The van der Waals surface area contributed by atoms with Crippen LogP contribution in [-0.4, -0.2) is 26.9 Å². The highest BCUT2D eigenvalue weighted by Gasteiger charge is 2.40. The van der Waals surface area contributed by atoms with Crippen molar-refractivity contribution < 1.29 is 34.4 Å². The predicted octanol–water partition coefficient (Wildman–Crippen LogP) is 7.82. The zero-order chi connectivity index (χ0) is 30.7. The molecular formula is C35H35NO7. The van der Waals surface area contributed by atoms with Gasteiger partial charge in [0.25, 0.3) is 0 Å². The second-order valence-corrected chi connectivity index (χ2v) is 10.8. The molecule has 5 N–H and O–H groups in total. The normalized spacial score (nSPS) is 12.1. The van der Waals surface area contributed by atoms with E-state index in [2.05, 4.69) is 13.8 Å². The number of fused-ring (bicyclic) bond motifs is 2. The summed E-state index contributed by atoms with van der Waals surface area (Å²) in [5.74, 6) is -3.07. The molecule has 1 aliphatic carbocycles. The number of rotatable bonds is 11. The van der Waals surface area contributed by atoms with Crippen molar-refractivity contribution in [3.63, 3.8) is 0 Å². The Morgan fingerprint density at radius 2 is 1.07 bits per heavy atom. The Balaban J connectivity index is 1.45. The number of hydrogen-bond acceptors (Lipinski definition) is 8. The highest BCUT2D eigenvalue weighted by atomic mass is 16.5. The maximum absolute atomic E-state index is 13.7. The van der Waals surface area contributed by atoms with Crippen molar-refractivity contribution in [2.45, 2.75) is 58.8 Å². The van der Waals surface area contributed by atoms with E-state index in [0.29, 0.717) is 11.5 Å². The van der Waals surface area contributed by atoms with E-state index in [1.165, 1.54) is 6.07 Å². The molecule has 0 aliphatic heterocycles. The van der Waals surface area contributed by atoms with E-state index in [0.717, 1.165) is 62.1 Å². The number of ketones is 2. The molecule has 0 fully saturated rings. The van der Waals surface area contributed by atoms with E-state index in [-0.39, 0.29) is 22.7 Å². The van der Waals surface area contributed by atoms with Crippen LogP contribution in [0.15, 0.2) is 60.7 Å². The molecule has 222 valence electrons. The van der Waals surface area contributed by atoms with Gasteiger partial charge in [-0.2, -0.15) is 0 Å². The van der Waals surface area contributed by atoms with Gasteiger partial charge in [0.1, 0.15) is 17.2 Å². The molecule has 0 unspecified atom stereocenters. The Bertz CT molecular complexity index is 1670. The first-order valence-corrected chi connectivity index (χ1v) is 14.6. The molecule has 0 spiro atoms. The molecule has 0 saturated heterocycles. The molecule has 0 bridgehead atoms. The van der Waals surface area contributed by atoms with E-state index < -0.39 is 45.5 Å². The number of anilines is 1. The zero-order valence-electron chi connectivity index (χ0n) is 24.3. The predicted molar refractivity (Wildman–Crippen MR) is 164 cm³/mol. The van der Waals surface area contributed by atoms with Crippen molar-refractivity contribution in [1.29, 1.82) is 0 Å². The van der Waals surface area contributed by atoms with Gasteiger partial charge in [0.05, 0.1) is 22.3 Å². The van der Waals surface area contributed by atoms with Gasteiger partial charge in [-0.25, -0.2) is 0 Å². The number of aryl methyl sites for hydroxylation is 2. The minimum atomic E-state index is -0.884. The Hall–Kier alpha value is -4.98. The molecule has 0 radical (unpaired) electrons. The largest absolute Gasteiger partial charge is 0.507 e. The Morgan fingerprint density at radius 3 is 1.60 bits per heavy atom. The molecule has 4 aromatic rings. The number of nitrogen functional groups attached to an aromatic ring is 1. The van der Waals surface area contributed by atoms with Crippen molar-refractivity contribution in [1.82, 2.24) is 0 Å². The lowest BCUT2D eigenvalue weighted by Crippen LogP contribution is -2.23. The fraction of sp³-hybridized carbons (Fsp3) is 0.257. The van der Waals surface area contributed by atoms with E-state index in [4.69, 9.17) is 15.2 Å². The minimum absolute atomic E-state index is 0.120. The van der Waals surface area contributed by atoms with Crippen molar-refractivity contribution in [3.8, 4) is 40.2 Å². The molecule has 0 saturated carbocycles. The van der Waals surface area contributed by atoms with E-state index in [9.17, 15) is 24.9 Å². The minimum Gasteiger partial charge on any atom is -0.507 e. The Morgan fingerprint density at radius 1 is 0.605 bits per heavy atom. The standard InChI is InChI=1S/C35H35NO7/c1-3-5-7-9-21-12-16-22(17-13-21)42-26-18-24(36)28-30(32(26)38)35(41)29-25(37)19-27(33(39)31(29)34(28)40)43-23-14-10-20(11-15-23)8-6-4-2/h10-19,37-39H,3-9,36H2,1-2H3. The van der Waals surface area contributed by atoms with Crippen LogP contribution in [0.3, 0.4) is 0 Å². The highest BCUT2D eigenvalue weighted by molar-refractivity contribution is 6.33. The van der Waals surface area contributed by atoms with Gasteiger partial charge in [0, 0.05) is 17.8 Å². The van der Waals surface area contributed by atoms with Crippen LogP contribution in [-0.2, 0) is 12.8 Å². The molecule has 0 heterocycles. The van der Waals surface area contributed by atoms with Crippen LogP contribution in [0, 0.1) is 0 Å². The van der Waals surface area contributed by atoms with Crippen molar-refractivity contribution in [2.24, 2.45) is 0 Å². The van der Waals surface area contributed by atoms with Crippen molar-refractivity contribution >= 4 is 17.3 Å². The van der Waals surface area contributed by atoms with Crippen LogP contribution in [0.5, 0.6) is 40.2 Å². The number of carbonyl (C=O) groups excluding carboxylic acids is 2. The second kappa shape index (κ2) is 12.5. The molecule has 8 nitrogen and oxygen atoms in total. The van der Waals surface area contributed by atoms with Crippen molar-refractivity contribution in [2.75, 3.05) is 5.73 Å². The molecule has 0 atom stereocenters. The smallest absolute Gasteiger partial charge is 0.202 e. The number of nitrogens with two attached hydrogens (primary N) is 1. The van der Waals surface area contributed by atoms with Crippen LogP contribution in [0.4, 0.5) is 5.69 Å². The third kappa shape index (κ3) is 5.86. The molecular weight excluding hydrogens is 546 g/mol. The van der Waals surface area contributed by atoms with Gasteiger partial charge in [-0.1, -0.05) is 57.4 Å². The van der Waals surface area contributed by atoms with Gasteiger partial charge in [-0.3, -0.25) is 9.59 Å². The average Bonchev–Trinajstić information content (AvgIpc) is 2.99. The van der Waals surface area contributed by atoms with E-state index >= 15 is 0 Å². The third-order valence-electron chi connectivity index (χ3n) is 7.64. The monoisotopic (exact) mass is 581 g/mol. The number of ether oxygens (including phenoxy) is 2. The number of aromatic hydroxyl groups is 3. The highest BCUT2D eigenvalue weighted by Crippen LogP contribution is 2.49. The van der Waals surface area contributed by atoms with Gasteiger partial charge in [0.15, 0.2) is 23.0 Å². The van der Waals surface area contributed by atoms with Crippen LogP contribution < -0.4 is 15.2 Å². The summed E-state index contributed by atoms with van der Waals surface area (Å²) in [7, 11) is 0. The SMILES string of the molecule is CCCCCc1ccc(Oc2cc(N)c3c(c2O)C(=O)c2c(O)cc(Oc4ccc(CCCC)cc4)c(O)c2C3=O)cc1. The lowest BCUT2D eigenvalue weighted by atomic mass is 9.81. The molecule has 0 amide bonds. The van der Waals surface area contributed by atoms with Gasteiger partial charge in [0.2, 0.25) is 11.6 Å². The lowest BCUT2D eigenvalue weighted by Gasteiger charge is -2.24. The second-order valence-electron chi connectivity index (χ2n) is 10.8. The summed E-state index contributed by atoms with van der Waals surface area (Å²) in [6.07, 6.45) is 7.34. The van der Waals surface area contributed by atoms with Gasteiger partial charge < -0.3 is 30.5 Å². The number of carbonyl (C=O) groups is 2. The lowest BCUT2D eigenvalue weighted by molar-refractivity contribution is 0.0971. The number of phenolic OH excluding ortho intramolecular Hbond substituents is 3. The molecule has 4 aromatic carbocycles. The Kier molecular flexibility index (Phi) is 8.57. The molecule has 0 aromatic heterocycles. The first-order chi connectivity index (χ1) is 20.7. The summed E-state index contributed by atoms with van der Waals surface area (Å²) in [5.41, 5.74) is 6.76. The van der Waals surface area contributed by atoms with Crippen LogP contribution in [0.1, 0.15) is 88.9 Å². The maximum Gasteiger partial charge on any atom is 0.202 e. The first kappa shape index (κ1) is 29.5. The summed E-state index contributed by atoms with van der Waals surface area (Å²) < 4.78 is 11.6. The van der Waals surface area contributed by atoms with Gasteiger partial charge in [-0.05, 0) is 61.1 Å². The fourth-order valence-corrected chi connectivity index (χ4v) is 5.29. The molecule has 8 heteroatoms. The third-order valence-corrected chi connectivity index (χ3v) is 7.64. The van der Waals surface area contributed by atoms with Crippen LogP contribution in [0.25, 0.3) is 0 Å². The van der Waals surface area contributed by atoms with Crippen molar-refractivity contribution in [3.05, 3.63) is 94.0 Å². The molecule has 43 heavy (non-hydrogen) atoms.